The van der Waals surface area contributed by atoms with Crippen molar-refractivity contribution >= 4 is 15.9 Å². The zero-order chi connectivity index (χ0) is 9.90. The van der Waals surface area contributed by atoms with Crippen molar-refractivity contribution in [2.75, 3.05) is 18.8 Å². The Bertz CT molecular complexity index is 361. The van der Waals surface area contributed by atoms with Crippen LogP contribution in [-0.2, 0) is 10.2 Å². The van der Waals surface area contributed by atoms with E-state index in [0.29, 0.717) is 5.69 Å². The summed E-state index contributed by atoms with van der Waals surface area (Å²) in [7, 11) is -0.472. The first-order chi connectivity index (χ1) is 6.02. The highest BCUT2D eigenvalue weighted by Gasteiger charge is 2.11. The van der Waals surface area contributed by atoms with Crippen molar-refractivity contribution in [1.82, 2.24) is 9.29 Å². The highest BCUT2D eigenvalue weighted by molar-refractivity contribution is 7.90. The van der Waals surface area contributed by atoms with E-state index in [1.165, 1.54) is 26.5 Å². The Morgan fingerprint density at radius 3 is 2.31 bits per heavy atom. The minimum atomic E-state index is -3.40. The third-order valence-corrected chi connectivity index (χ3v) is 2.86. The van der Waals surface area contributed by atoms with E-state index < -0.39 is 10.2 Å². The maximum Gasteiger partial charge on any atom is 0.301 e. The molecule has 72 valence electrons. The van der Waals surface area contributed by atoms with Crippen molar-refractivity contribution in [3.05, 3.63) is 24.5 Å². The molecule has 0 aliphatic heterocycles. The highest BCUT2D eigenvalue weighted by Crippen LogP contribution is 2.06. The van der Waals surface area contributed by atoms with Gasteiger partial charge in [0.2, 0.25) is 0 Å². The third-order valence-electron chi connectivity index (χ3n) is 1.41. The summed E-state index contributed by atoms with van der Waals surface area (Å²) < 4.78 is 26.1. The fraction of sp³-hybridized carbons (Fsp3) is 0.286. The van der Waals surface area contributed by atoms with Crippen LogP contribution in [0.25, 0.3) is 0 Å². The van der Waals surface area contributed by atoms with Gasteiger partial charge in [-0.15, -0.1) is 0 Å². The molecule has 13 heavy (non-hydrogen) atoms. The van der Waals surface area contributed by atoms with Crippen molar-refractivity contribution in [2.24, 2.45) is 0 Å². The highest BCUT2D eigenvalue weighted by atomic mass is 32.2. The number of nitrogens with one attached hydrogen (secondary N) is 1. The second-order valence-electron chi connectivity index (χ2n) is 2.63. The Balaban J connectivity index is 2.82. The monoisotopic (exact) mass is 201 g/mol. The summed E-state index contributed by atoms with van der Waals surface area (Å²) in [6, 6.07) is 3.17. The normalized spacial score (nSPS) is 11.6. The lowest BCUT2D eigenvalue weighted by atomic mass is 10.4. The average Bonchev–Trinajstić information content (AvgIpc) is 2.05. The number of nitrogens with zero attached hydrogens (tertiary/aromatic N) is 2. The van der Waals surface area contributed by atoms with Crippen LogP contribution in [0, 0.1) is 0 Å². The summed E-state index contributed by atoms with van der Waals surface area (Å²) >= 11 is 0. The number of hydrogen-bond acceptors (Lipinski definition) is 3. The molecule has 0 atom stereocenters. The Kier molecular flexibility index (Phi) is 2.84. The van der Waals surface area contributed by atoms with Crippen LogP contribution in [0.15, 0.2) is 24.5 Å². The molecule has 0 aromatic carbocycles. The van der Waals surface area contributed by atoms with Crippen LogP contribution in [0.1, 0.15) is 0 Å². The van der Waals surface area contributed by atoms with Gasteiger partial charge in [-0.2, -0.15) is 12.7 Å². The predicted molar refractivity (Wildman–Crippen MR) is 50.5 cm³/mol. The summed E-state index contributed by atoms with van der Waals surface area (Å²) in [5.74, 6) is 0. The molecule has 6 heteroatoms. The lowest BCUT2D eigenvalue weighted by molar-refractivity contribution is 0.527. The largest absolute Gasteiger partial charge is 0.301 e. The van der Waals surface area contributed by atoms with E-state index in [9.17, 15) is 8.42 Å². The van der Waals surface area contributed by atoms with Crippen molar-refractivity contribution in [2.45, 2.75) is 0 Å². The summed E-state index contributed by atoms with van der Waals surface area (Å²) in [5.41, 5.74) is 0.503. The quantitative estimate of drug-likeness (QED) is 0.765. The molecule has 0 aliphatic rings. The molecule has 0 amide bonds. The van der Waals surface area contributed by atoms with E-state index in [4.69, 9.17) is 0 Å². The van der Waals surface area contributed by atoms with Gasteiger partial charge in [-0.1, -0.05) is 0 Å². The van der Waals surface area contributed by atoms with Crippen LogP contribution < -0.4 is 4.72 Å². The Labute approximate surface area is 77.6 Å². The fourth-order valence-corrected chi connectivity index (χ4v) is 1.28. The molecule has 1 aromatic heterocycles. The van der Waals surface area contributed by atoms with Crippen molar-refractivity contribution in [1.29, 1.82) is 0 Å². The van der Waals surface area contributed by atoms with Gasteiger partial charge in [-0.3, -0.25) is 9.71 Å². The Morgan fingerprint density at radius 1 is 1.31 bits per heavy atom. The van der Waals surface area contributed by atoms with Gasteiger partial charge in [-0.25, -0.2) is 0 Å². The number of hydrogen-bond donors (Lipinski definition) is 1. The Morgan fingerprint density at radius 2 is 1.85 bits per heavy atom. The molecule has 0 spiro atoms. The van der Waals surface area contributed by atoms with E-state index in [2.05, 4.69) is 9.71 Å². The number of pyridine rings is 1. The van der Waals surface area contributed by atoms with Crippen molar-refractivity contribution < 1.29 is 8.42 Å². The predicted octanol–water partition coefficient (Wildman–Crippen LogP) is 0.300. The standard InChI is InChI=1S/C7H11N3O2S/c1-10(2)13(11,12)9-7-3-5-8-6-4-7/h3-6H,1-2H3,(H,8,9). The topological polar surface area (TPSA) is 62.3 Å². The van der Waals surface area contributed by atoms with Crippen molar-refractivity contribution in [3.8, 4) is 0 Å². The second-order valence-corrected chi connectivity index (χ2v) is 4.51. The van der Waals surface area contributed by atoms with Gasteiger partial charge in [0.15, 0.2) is 0 Å². The number of anilines is 1. The molecule has 1 N–H and O–H groups in total. The first kappa shape index (κ1) is 9.94. The first-order valence-electron chi connectivity index (χ1n) is 3.62. The van der Waals surface area contributed by atoms with Gasteiger partial charge in [-0.05, 0) is 12.1 Å². The third kappa shape index (κ3) is 2.67. The van der Waals surface area contributed by atoms with Gasteiger partial charge in [0, 0.05) is 26.5 Å². The van der Waals surface area contributed by atoms with E-state index >= 15 is 0 Å². The van der Waals surface area contributed by atoms with E-state index in [1.807, 2.05) is 0 Å². The van der Waals surface area contributed by atoms with E-state index in [1.54, 1.807) is 12.1 Å². The molecule has 0 saturated heterocycles. The molecular formula is C7H11N3O2S. The van der Waals surface area contributed by atoms with Gasteiger partial charge < -0.3 is 0 Å². The summed E-state index contributed by atoms with van der Waals surface area (Å²) in [6.45, 7) is 0. The molecule has 0 bridgehead atoms. The fourth-order valence-electron chi connectivity index (χ4n) is 0.660. The van der Waals surface area contributed by atoms with Crippen LogP contribution in [0.5, 0.6) is 0 Å². The minimum Gasteiger partial charge on any atom is -0.271 e. The minimum absolute atomic E-state index is 0.503. The SMILES string of the molecule is CN(C)S(=O)(=O)Nc1ccncc1. The molecule has 0 unspecified atom stereocenters. The lowest BCUT2D eigenvalue weighted by Crippen LogP contribution is -2.28. The van der Waals surface area contributed by atoms with Gasteiger partial charge in [0.25, 0.3) is 0 Å². The van der Waals surface area contributed by atoms with E-state index in [0.717, 1.165) is 4.31 Å². The zero-order valence-electron chi connectivity index (χ0n) is 7.43. The van der Waals surface area contributed by atoms with Crippen LogP contribution in [-0.4, -0.2) is 31.8 Å². The molecule has 0 saturated carbocycles. The molecule has 1 rings (SSSR count). The molecule has 0 radical (unpaired) electrons. The lowest BCUT2D eigenvalue weighted by Gasteiger charge is -2.12. The molecule has 0 aliphatic carbocycles. The Hall–Kier alpha value is -1.14. The molecule has 5 nitrogen and oxygen atoms in total. The molecule has 1 aromatic rings. The second kappa shape index (κ2) is 3.71. The van der Waals surface area contributed by atoms with Crippen LogP contribution >= 0.6 is 0 Å². The first-order valence-corrected chi connectivity index (χ1v) is 5.06. The van der Waals surface area contributed by atoms with Gasteiger partial charge in [0.1, 0.15) is 0 Å². The summed E-state index contributed by atoms with van der Waals surface area (Å²) in [5, 5.41) is 0. The van der Waals surface area contributed by atoms with Gasteiger partial charge >= 0.3 is 10.2 Å². The maximum atomic E-state index is 11.3. The number of rotatable bonds is 3. The molecular weight excluding hydrogens is 190 g/mol. The summed E-state index contributed by atoms with van der Waals surface area (Å²) in [4.78, 5) is 3.77. The van der Waals surface area contributed by atoms with Crippen LogP contribution in [0.2, 0.25) is 0 Å². The smallest absolute Gasteiger partial charge is 0.271 e. The maximum absolute atomic E-state index is 11.3. The van der Waals surface area contributed by atoms with Gasteiger partial charge in [0.05, 0.1) is 5.69 Å². The molecule has 1 heterocycles. The van der Waals surface area contributed by atoms with E-state index in [-0.39, 0.29) is 0 Å². The molecule has 0 fully saturated rings. The van der Waals surface area contributed by atoms with Crippen LogP contribution in [0.3, 0.4) is 0 Å². The zero-order valence-corrected chi connectivity index (χ0v) is 8.25. The van der Waals surface area contributed by atoms with Crippen LogP contribution in [0.4, 0.5) is 5.69 Å². The number of aromatic nitrogens is 1. The average molecular weight is 201 g/mol. The van der Waals surface area contributed by atoms with Crippen molar-refractivity contribution in [3.63, 3.8) is 0 Å². The summed E-state index contributed by atoms with van der Waals surface area (Å²) in [6.07, 6.45) is 3.04.